The highest BCUT2D eigenvalue weighted by Crippen LogP contribution is 2.27. The van der Waals surface area contributed by atoms with Crippen LogP contribution in [0.1, 0.15) is 23.2 Å². The molecule has 0 spiro atoms. The molecule has 4 N–H and O–H groups in total. The topological polar surface area (TPSA) is 101 Å². The number of aromatic nitrogens is 2. The fraction of sp³-hybridized carbons (Fsp3) is 0.167. The van der Waals surface area contributed by atoms with Gasteiger partial charge in [-0.05, 0) is 48.9 Å². The Morgan fingerprint density at radius 2 is 1.92 bits per heavy atom. The SMILES string of the molecule is NC(=O)CCCNC(=O)c1ccc2[nH]nc(-c3ccc(F)cc3)c2c1. The minimum Gasteiger partial charge on any atom is -0.370 e. The molecule has 25 heavy (non-hydrogen) atoms. The number of fused-ring (bicyclic) bond motifs is 1. The third kappa shape index (κ3) is 3.82. The summed E-state index contributed by atoms with van der Waals surface area (Å²) in [4.78, 5) is 22.9. The predicted octanol–water partition coefficient (Wildman–Crippen LogP) is 2.36. The van der Waals surface area contributed by atoms with Crippen molar-refractivity contribution in [3.05, 3.63) is 53.8 Å². The summed E-state index contributed by atoms with van der Waals surface area (Å²) in [6, 6.07) is 11.2. The number of halogens is 1. The second-order valence-electron chi connectivity index (χ2n) is 5.67. The number of nitrogens with one attached hydrogen (secondary N) is 2. The highest BCUT2D eigenvalue weighted by atomic mass is 19.1. The molecular formula is C18H17FN4O2. The molecule has 0 atom stereocenters. The number of amides is 2. The maximum Gasteiger partial charge on any atom is 0.251 e. The van der Waals surface area contributed by atoms with Gasteiger partial charge in [0.2, 0.25) is 5.91 Å². The number of carbonyl (C=O) groups is 2. The lowest BCUT2D eigenvalue weighted by Gasteiger charge is -2.05. The lowest BCUT2D eigenvalue weighted by Crippen LogP contribution is -2.25. The fourth-order valence-corrected chi connectivity index (χ4v) is 2.55. The molecule has 1 aromatic heterocycles. The van der Waals surface area contributed by atoms with Crippen molar-refractivity contribution in [2.24, 2.45) is 5.73 Å². The molecule has 0 saturated heterocycles. The Hall–Kier alpha value is -3.22. The van der Waals surface area contributed by atoms with E-state index in [1.54, 1.807) is 30.3 Å². The zero-order valence-corrected chi connectivity index (χ0v) is 13.4. The van der Waals surface area contributed by atoms with E-state index in [0.29, 0.717) is 24.2 Å². The first-order valence-electron chi connectivity index (χ1n) is 7.85. The fourth-order valence-electron chi connectivity index (χ4n) is 2.55. The molecule has 0 bridgehead atoms. The van der Waals surface area contributed by atoms with E-state index < -0.39 is 5.91 Å². The van der Waals surface area contributed by atoms with Crippen LogP contribution in [-0.4, -0.2) is 28.6 Å². The standard InChI is InChI=1S/C18H17FN4O2/c19-13-6-3-11(4-7-13)17-14-10-12(5-8-15(14)22-23-17)18(25)21-9-1-2-16(20)24/h3-8,10H,1-2,9H2,(H2,20,24)(H,21,25)(H,22,23). The molecule has 0 unspecified atom stereocenters. The van der Waals surface area contributed by atoms with Crippen LogP contribution in [0.15, 0.2) is 42.5 Å². The highest BCUT2D eigenvalue weighted by molar-refractivity contribution is 6.01. The van der Waals surface area contributed by atoms with Crippen LogP contribution in [-0.2, 0) is 4.79 Å². The molecular weight excluding hydrogens is 323 g/mol. The van der Waals surface area contributed by atoms with Gasteiger partial charge in [0.15, 0.2) is 0 Å². The molecule has 0 saturated carbocycles. The number of primary amides is 1. The van der Waals surface area contributed by atoms with Crippen LogP contribution in [0.4, 0.5) is 4.39 Å². The van der Waals surface area contributed by atoms with Crippen molar-refractivity contribution in [2.45, 2.75) is 12.8 Å². The van der Waals surface area contributed by atoms with E-state index in [2.05, 4.69) is 15.5 Å². The van der Waals surface area contributed by atoms with Gasteiger partial charge in [-0.2, -0.15) is 5.10 Å². The normalized spacial score (nSPS) is 10.8. The van der Waals surface area contributed by atoms with E-state index in [-0.39, 0.29) is 18.1 Å². The van der Waals surface area contributed by atoms with Gasteiger partial charge in [-0.15, -0.1) is 0 Å². The van der Waals surface area contributed by atoms with Crippen LogP contribution < -0.4 is 11.1 Å². The molecule has 0 aliphatic carbocycles. The van der Waals surface area contributed by atoms with E-state index in [0.717, 1.165) is 16.5 Å². The van der Waals surface area contributed by atoms with Crippen molar-refractivity contribution in [1.82, 2.24) is 15.5 Å². The maximum atomic E-state index is 13.1. The maximum absolute atomic E-state index is 13.1. The van der Waals surface area contributed by atoms with Crippen molar-refractivity contribution >= 4 is 22.7 Å². The van der Waals surface area contributed by atoms with E-state index in [1.807, 2.05) is 0 Å². The first-order valence-corrected chi connectivity index (χ1v) is 7.85. The van der Waals surface area contributed by atoms with Crippen LogP contribution >= 0.6 is 0 Å². The van der Waals surface area contributed by atoms with Gasteiger partial charge in [-0.1, -0.05) is 0 Å². The van der Waals surface area contributed by atoms with Crippen molar-refractivity contribution in [1.29, 1.82) is 0 Å². The van der Waals surface area contributed by atoms with Gasteiger partial charge in [0.05, 0.1) is 11.2 Å². The first kappa shape index (κ1) is 16.6. The number of benzene rings is 2. The number of carbonyl (C=O) groups excluding carboxylic acids is 2. The summed E-state index contributed by atoms with van der Waals surface area (Å²) >= 11 is 0. The number of aromatic amines is 1. The van der Waals surface area contributed by atoms with E-state index in [9.17, 15) is 14.0 Å². The Morgan fingerprint density at radius 3 is 2.64 bits per heavy atom. The monoisotopic (exact) mass is 340 g/mol. The van der Waals surface area contributed by atoms with Gasteiger partial charge in [-0.3, -0.25) is 14.7 Å². The van der Waals surface area contributed by atoms with Gasteiger partial charge in [0.1, 0.15) is 5.82 Å². The minimum absolute atomic E-state index is 0.232. The second kappa shape index (κ2) is 7.12. The summed E-state index contributed by atoms with van der Waals surface area (Å²) < 4.78 is 13.1. The Morgan fingerprint density at radius 1 is 1.16 bits per heavy atom. The van der Waals surface area contributed by atoms with Crippen LogP contribution in [0.3, 0.4) is 0 Å². The van der Waals surface area contributed by atoms with Gasteiger partial charge < -0.3 is 11.1 Å². The van der Waals surface area contributed by atoms with Crippen LogP contribution in [0, 0.1) is 5.82 Å². The van der Waals surface area contributed by atoms with Gasteiger partial charge >= 0.3 is 0 Å². The molecule has 6 nitrogen and oxygen atoms in total. The Balaban J connectivity index is 1.81. The molecule has 0 aliphatic heterocycles. The number of rotatable bonds is 6. The summed E-state index contributed by atoms with van der Waals surface area (Å²) in [7, 11) is 0. The summed E-state index contributed by atoms with van der Waals surface area (Å²) in [5.74, 6) is -0.949. The average Bonchev–Trinajstić information content (AvgIpc) is 3.02. The first-order chi connectivity index (χ1) is 12.0. The van der Waals surface area contributed by atoms with Crippen molar-refractivity contribution in [2.75, 3.05) is 6.54 Å². The molecule has 0 fully saturated rings. The van der Waals surface area contributed by atoms with E-state index in [4.69, 9.17) is 5.73 Å². The molecule has 1 heterocycles. The third-order valence-corrected chi connectivity index (χ3v) is 3.83. The number of nitrogens with two attached hydrogens (primary N) is 1. The number of nitrogens with zero attached hydrogens (tertiary/aromatic N) is 1. The van der Waals surface area contributed by atoms with Gasteiger partial charge in [-0.25, -0.2) is 4.39 Å². The highest BCUT2D eigenvalue weighted by Gasteiger charge is 2.12. The lowest BCUT2D eigenvalue weighted by molar-refractivity contribution is -0.118. The van der Waals surface area contributed by atoms with Crippen molar-refractivity contribution in [3.63, 3.8) is 0 Å². The Kier molecular flexibility index (Phi) is 4.74. The quantitative estimate of drug-likeness (QED) is 0.600. The zero-order valence-electron chi connectivity index (χ0n) is 13.4. The third-order valence-electron chi connectivity index (χ3n) is 3.83. The molecule has 0 aliphatic rings. The van der Waals surface area contributed by atoms with Gasteiger partial charge in [0.25, 0.3) is 5.91 Å². The van der Waals surface area contributed by atoms with Crippen LogP contribution in [0.5, 0.6) is 0 Å². The number of hydrogen-bond acceptors (Lipinski definition) is 3. The smallest absolute Gasteiger partial charge is 0.251 e. The number of hydrogen-bond donors (Lipinski definition) is 3. The summed E-state index contributed by atoms with van der Waals surface area (Å²) in [6.45, 7) is 0.371. The van der Waals surface area contributed by atoms with Crippen molar-refractivity contribution < 1.29 is 14.0 Å². The van der Waals surface area contributed by atoms with Crippen LogP contribution in [0.25, 0.3) is 22.2 Å². The van der Waals surface area contributed by atoms with E-state index in [1.165, 1.54) is 12.1 Å². The minimum atomic E-state index is -0.391. The molecule has 2 aromatic carbocycles. The molecule has 3 aromatic rings. The second-order valence-corrected chi connectivity index (χ2v) is 5.67. The predicted molar refractivity (Wildman–Crippen MR) is 92.2 cm³/mol. The molecule has 3 rings (SSSR count). The number of H-pyrrole nitrogens is 1. The largest absolute Gasteiger partial charge is 0.370 e. The Labute approximate surface area is 143 Å². The molecule has 0 radical (unpaired) electrons. The molecule has 128 valence electrons. The molecule has 7 heteroatoms. The van der Waals surface area contributed by atoms with Crippen molar-refractivity contribution in [3.8, 4) is 11.3 Å². The van der Waals surface area contributed by atoms with Gasteiger partial charge in [0, 0.05) is 29.5 Å². The summed E-state index contributed by atoms with van der Waals surface area (Å²) in [5, 5.41) is 10.7. The van der Waals surface area contributed by atoms with Crippen LogP contribution in [0.2, 0.25) is 0 Å². The lowest BCUT2D eigenvalue weighted by atomic mass is 10.1. The zero-order chi connectivity index (χ0) is 17.8. The summed E-state index contributed by atoms with van der Waals surface area (Å²) in [6.07, 6.45) is 0.728. The molecule has 2 amide bonds. The Bertz CT molecular complexity index is 918. The average molecular weight is 340 g/mol. The van der Waals surface area contributed by atoms with E-state index >= 15 is 0 Å². The summed E-state index contributed by atoms with van der Waals surface area (Å²) in [5.41, 5.74) is 7.74.